The Morgan fingerprint density at radius 1 is 1.03 bits per heavy atom. The maximum atomic E-state index is 12.9. The van der Waals surface area contributed by atoms with Crippen LogP contribution in [0.25, 0.3) is 0 Å². The standard InChI is InChI=1S/C22H28FN3O3/c1-3-13-26(16-22(28)25-20-7-5-4-6-17(20)2)15-21(27)24-12-14-29-19-10-8-18(23)9-11-19/h4-11H,3,12-16H2,1-2H3,(H,24,27)(H,25,28). The summed E-state index contributed by atoms with van der Waals surface area (Å²) in [4.78, 5) is 26.3. The minimum atomic E-state index is -0.326. The highest BCUT2D eigenvalue weighted by molar-refractivity contribution is 5.93. The number of hydrogen-bond donors (Lipinski definition) is 2. The monoisotopic (exact) mass is 401 g/mol. The number of nitrogens with zero attached hydrogens (tertiary/aromatic N) is 1. The number of ether oxygens (including phenoxy) is 1. The molecule has 156 valence electrons. The molecule has 2 aromatic carbocycles. The summed E-state index contributed by atoms with van der Waals surface area (Å²) in [7, 11) is 0. The molecule has 0 aliphatic rings. The van der Waals surface area contributed by atoms with Crippen LogP contribution in [0.5, 0.6) is 5.75 Å². The molecular formula is C22H28FN3O3. The van der Waals surface area contributed by atoms with Gasteiger partial charge in [-0.15, -0.1) is 0 Å². The number of carbonyl (C=O) groups excluding carboxylic acids is 2. The number of aryl methyl sites for hydroxylation is 1. The first-order valence-electron chi connectivity index (χ1n) is 9.71. The van der Waals surface area contributed by atoms with Crippen LogP contribution in [-0.2, 0) is 9.59 Å². The van der Waals surface area contributed by atoms with E-state index >= 15 is 0 Å². The molecule has 2 N–H and O–H groups in total. The van der Waals surface area contributed by atoms with E-state index in [1.807, 2.05) is 43.0 Å². The molecule has 2 amide bonds. The molecule has 29 heavy (non-hydrogen) atoms. The molecule has 0 heterocycles. The Labute approximate surface area is 171 Å². The Morgan fingerprint density at radius 2 is 1.72 bits per heavy atom. The second kappa shape index (κ2) is 11.8. The van der Waals surface area contributed by atoms with Crippen molar-refractivity contribution in [3.63, 3.8) is 0 Å². The molecule has 0 atom stereocenters. The van der Waals surface area contributed by atoms with Gasteiger partial charge < -0.3 is 15.4 Å². The number of amides is 2. The van der Waals surface area contributed by atoms with Crippen molar-refractivity contribution in [1.82, 2.24) is 10.2 Å². The van der Waals surface area contributed by atoms with Gasteiger partial charge in [0.1, 0.15) is 18.2 Å². The van der Waals surface area contributed by atoms with E-state index in [0.717, 1.165) is 17.7 Å². The van der Waals surface area contributed by atoms with E-state index in [-0.39, 0.29) is 37.3 Å². The third kappa shape index (κ3) is 8.31. The molecule has 2 rings (SSSR count). The van der Waals surface area contributed by atoms with E-state index in [1.54, 1.807) is 0 Å². The lowest BCUT2D eigenvalue weighted by atomic mass is 10.2. The maximum absolute atomic E-state index is 12.9. The first-order chi connectivity index (χ1) is 14.0. The highest BCUT2D eigenvalue weighted by Gasteiger charge is 2.14. The molecule has 0 saturated heterocycles. The number of rotatable bonds is 11. The molecule has 7 heteroatoms. The lowest BCUT2D eigenvalue weighted by Gasteiger charge is -2.21. The molecule has 0 unspecified atom stereocenters. The van der Waals surface area contributed by atoms with Gasteiger partial charge in [0.15, 0.2) is 0 Å². The smallest absolute Gasteiger partial charge is 0.238 e. The van der Waals surface area contributed by atoms with Crippen LogP contribution in [0, 0.1) is 12.7 Å². The molecule has 0 spiro atoms. The van der Waals surface area contributed by atoms with Crippen LogP contribution in [0.2, 0.25) is 0 Å². The van der Waals surface area contributed by atoms with Gasteiger partial charge in [0.25, 0.3) is 0 Å². The number of benzene rings is 2. The van der Waals surface area contributed by atoms with Crippen LogP contribution in [0.3, 0.4) is 0 Å². The zero-order valence-electron chi connectivity index (χ0n) is 16.9. The lowest BCUT2D eigenvalue weighted by Crippen LogP contribution is -2.42. The molecule has 0 bridgehead atoms. The predicted octanol–water partition coefficient (Wildman–Crippen LogP) is 2.98. The molecular weight excluding hydrogens is 373 g/mol. The summed E-state index contributed by atoms with van der Waals surface area (Å²) in [5, 5.41) is 5.66. The fourth-order valence-corrected chi connectivity index (χ4v) is 2.79. The molecule has 0 radical (unpaired) electrons. The van der Waals surface area contributed by atoms with Crippen molar-refractivity contribution < 1.29 is 18.7 Å². The summed E-state index contributed by atoms with van der Waals surface area (Å²) >= 11 is 0. The highest BCUT2D eigenvalue weighted by atomic mass is 19.1. The third-order valence-corrected chi connectivity index (χ3v) is 4.20. The third-order valence-electron chi connectivity index (χ3n) is 4.20. The summed E-state index contributed by atoms with van der Waals surface area (Å²) < 4.78 is 18.3. The van der Waals surface area contributed by atoms with Crippen LogP contribution in [-0.4, -0.2) is 49.5 Å². The van der Waals surface area contributed by atoms with E-state index in [9.17, 15) is 14.0 Å². The second-order valence-corrected chi connectivity index (χ2v) is 6.73. The summed E-state index contributed by atoms with van der Waals surface area (Å²) in [6, 6.07) is 13.3. The second-order valence-electron chi connectivity index (χ2n) is 6.73. The Morgan fingerprint density at radius 3 is 2.41 bits per heavy atom. The molecule has 0 fully saturated rings. The molecule has 0 aliphatic heterocycles. The van der Waals surface area contributed by atoms with Crippen molar-refractivity contribution in [3.8, 4) is 5.75 Å². The Balaban J connectivity index is 1.73. The average molecular weight is 401 g/mol. The number of para-hydroxylation sites is 1. The summed E-state index contributed by atoms with van der Waals surface area (Å²) in [6.07, 6.45) is 0.832. The van der Waals surface area contributed by atoms with E-state index < -0.39 is 0 Å². The van der Waals surface area contributed by atoms with Crippen LogP contribution < -0.4 is 15.4 Å². The highest BCUT2D eigenvalue weighted by Crippen LogP contribution is 2.13. The van der Waals surface area contributed by atoms with Gasteiger partial charge in [-0.05, 0) is 55.8 Å². The predicted molar refractivity (Wildman–Crippen MR) is 111 cm³/mol. The minimum absolute atomic E-state index is 0.131. The fraction of sp³-hybridized carbons (Fsp3) is 0.364. The van der Waals surface area contributed by atoms with Gasteiger partial charge in [-0.3, -0.25) is 14.5 Å². The Hall–Kier alpha value is -2.93. The molecule has 6 nitrogen and oxygen atoms in total. The normalized spacial score (nSPS) is 10.6. The SMILES string of the molecule is CCCN(CC(=O)NCCOc1ccc(F)cc1)CC(=O)Nc1ccccc1C. The van der Waals surface area contributed by atoms with Gasteiger partial charge in [0.2, 0.25) is 11.8 Å². The molecule has 0 aromatic heterocycles. The van der Waals surface area contributed by atoms with Gasteiger partial charge in [0, 0.05) is 5.69 Å². The Kier molecular flexibility index (Phi) is 9.11. The van der Waals surface area contributed by atoms with Gasteiger partial charge in [-0.1, -0.05) is 25.1 Å². The van der Waals surface area contributed by atoms with Crippen molar-refractivity contribution in [1.29, 1.82) is 0 Å². The zero-order valence-corrected chi connectivity index (χ0v) is 16.9. The summed E-state index contributed by atoms with van der Waals surface area (Å²) in [5.74, 6) is -0.112. The van der Waals surface area contributed by atoms with Gasteiger partial charge >= 0.3 is 0 Å². The maximum Gasteiger partial charge on any atom is 0.238 e. The summed E-state index contributed by atoms with van der Waals surface area (Å²) in [5.41, 5.74) is 1.76. The van der Waals surface area contributed by atoms with Gasteiger partial charge in [0.05, 0.1) is 19.6 Å². The molecule has 0 aliphatic carbocycles. The van der Waals surface area contributed by atoms with E-state index in [1.165, 1.54) is 24.3 Å². The topological polar surface area (TPSA) is 70.7 Å². The van der Waals surface area contributed by atoms with Gasteiger partial charge in [-0.2, -0.15) is 0 Å². The first-order valence-corrected chi connectivity index (χ1v) is 9.71. The van der Waals surface area contributed by atoms with Crippen LogP contribution in [0.15, 0.2) is 48.5 Å². The van der Waals surface area contributed by atoms with E-state index in [4.69, 9.17) is 4.74 Å². The molecule has 2 aromatic rings. The largest absolute Gasteiger partial charge is 0.492 e. The number of anilines is 1. The Bertz CT molecular complexity index is 796. The van der Waals surface area contributed by atoms with Crippen LogP contribution in [0.1, 0.15) is 18.9 Å². The zero-order chi connectivity index (χ0) is 21.1. The lowest BCUT2D eigenvalue weighted by molar-refractivity contribution is -0.123. The van der Waals surface area contributed by atoms with E-state index in [0.29, 0.717) is 18.8 Å². The van der Waals surface area contributed by atoms with Crippen molar-refractivity contribution in [2.75, 3.05) is 38.1 Å². The number of nitrogens with one attached hydrogen (secondary N) is 2. The number of halogens is 1. The fourth-order valence-electron chi connectivity index (χ4n) is 2.79. The van der Waals surface area contributed by atoms with Crippen LogP contribution >= 0.6 is 0 Å². The van der Waals surface area contributed by atoms with Crippen molar-refractivity contribution >= 4 is 17.5 Å². The van der Waals surface area contributed by atoms with Crippen LogP contribution in [0.4, 0.5) is 10.1 Å². The average Bonchev–Trinajstić information content (AvgIpc) is 2.68. The number of carbonyl (C=O) groups is 2. The van der Waals surface area contributed by atoms with Crippen molar-refractivity contribution in [2.45, 2.75) is 20.3 Å². The van der Waals surface area contributed by atoms with E-state index in [2.05, 4.69) is 10.6 Å². The summed E-state index contributed by atoms with van der Waals surface area (Å²) in [6.45, 7) is 5.44. The first kappa shape index (κ1) is 22.4. The van der Waals surface area contributed by atoms with Crippen molar-refractivity contribution in [2.24, 2.45) is 0 Å². The van der Waals surface area contributed by atoms with Gasteiger partial charge in [-0.25, -0.2) is 4.39 Å². The van der Waals surface area contributed by atoms with Crippen molar-refractivity contribution in [3.05, 3.63) is 59.9 Å². The molecule has 0 saturated carbocycles. The quantitative estimate of drug-likeness (QED) is 0.568. The minimum Gasteiger partial charge on any atom is -0.492 e. The number of hydrogen-bond acceptors (Lipinski definition) is 4.